The molecular formula is H6BO3P3Tl. The zero-order valence-electron chi connectivity index (χ0n) is 4.11. The van der Waals surface area contributed by atoms with Crippen molar-refractivity contribution in [3.05, 3.63) is 0 Å². The smallest absolute Gasteiger partial charge is 0.368 e. The van der Waals surface area contributed by atoms with Crippen LogP contribution in [-0.4, -0.2) is 34.6 Å². The summed E-state index contributed by atoms with van der Waals surface area (Å²) in [5.74, 6) is 0. The second-order valence-electron chi connectivity index (χ2n) is 0.697. The van der Waals surface area contributed by atoms with Crippen molar-refractivity contribution in [3.63, 3.8) is 0 Å². The molecule has 0 bridgehead atoms. The Morgan fingerprint density at radius 3 is 1.12 bits per heavy atom. The normalized spacial score (nSPS) is 7.88. The molecule has 3 unspecified atom stereocenters. The Bertz CT molecular complexity index is 36.0. The molecule has 0 aliphatic carbocycles. The predicted octanol–water partition coefficient (Wildman–Crippen LogP) is 0.0106. The van der Waals surface area contributed by atoms with Crippen molar-refractivity contribution < 1.29 is 13.3 Å². The van der Waals surface area contributed by atoms with Crippen LogP contribution in [0.4, 0.5) is 0 Å². The van der Waals surface area contributed by atoms with Crippen LogP contribution in [0, 0.1) is 0 Å². The molecule has 0 aromatic rings. The van der Waals surface area contributed by atoms with Crippen LogP contribution in [0.25, 0.3) is 0 Å². The molecule has 0 saturated carbocycles. The summed E-state index contributed by atoms with van der Waals surface area (Å²) in [5, 5.41) is 0. The Hall–Kier alpha value is 2.16. The molecule has 0 aromatic carbocycles. The Kier molecular flexibility index (Phi) is 14.7. The quantitative estimate of drug-likeness (QED) is 0.523. The second kappa shape index (κ2) is 9.16. The first kappa shape index (κ1) is 12.8. The molecule has 0 aliphatic rings. The van der Waals surface area contributed by atoms with Crippen molar-refractivity contribution in [3.8, 4) is 0 Å². The Labute approximate surface area is 76.2 Å². The van der Waals surface area contributed by atoms with Gasteiger partial charge in [-0.2, -0.15) is 0 Å². The first-order valence-electron chi connectivity index (χ1n) is 1.41. The molecule has 45 valence electrons. The molecule has 3 nitrogen and oxygen atoms in total. The van der Waals surface area contributed by atoms with Gasteiger partial charge in [0.25, 0.3) is 0 Å². The molecule has 0 aromatic heterocycles. The summed E-state index contributed by atoms with van der Waals surface area (Å²) >= 11 is 0. The van der Waals surface area contributed by atoms with E-state index in [9.17, 15) is 0 Å². The fourth-order valence-electron chi connectivity index (χ4n) is 0.0962. The average molecular weight is 362 g/mol. The maximum Gasteiger partial charge on any atom is 0.648 e. The Morgan fingerprint density at radius 1 is 0.875 bits per heavy atom. The van der Waals surface area contributed by atoms with Crippen LogP contribution < -0.4 is 0 Å². The molecule has 0 amide bonds. The van der Waals surface area contributed by atoms with E-state index in [1.54, 1.807) is 0 Å². The van der Waals surface area contributed by atoms with Crippen LogP contribution in [0.15, 0.2) is 0 Å². The van der Waals surface area contributed by atoms with Gasteiger partial charge < -0.3 is 13.3 Å². The van der Waals surface area contributed by atoms with E-state index in [0.29, 0.717) is 0 Å². The van der Waals surface area contributed by atoms with Crippen LogP contribution >= 0.6 is 28.4 Å². The molecule has 0 N–H and O–H groups in total. The fourth-order valence-corrected chi connectivity index (χ4v) is 0.866. The van der Waals surface area contributed by atoms with E-state index in [0.717, 1.165) is 0 Å². The minimum Gasteiger partial charge on any atom is -0.368 e. The van der Waals surface area contributed by atoms with Gasteiger partial charge in [-0.15, -0.1) is 0 Å². The van der Waals surface area contributed by atoms with Gasteiger partial charge in [-0.25, -0.2) is 0 Å². The molecule has 0 rings (SSSR count). The van der Waals surface area contributed by atoms with E-state index in [2.05, 4.69) is 13.3 Å². The van der Waals surface area contributed by atoms with Crippen molar-refractivity contribution in [1.29, 1.82) is 0 Å². The summed E-state index contributed by atoms with van der Waals surface area (Å²) in [6.07, 6.45) is 0. The topological polar surface area (TPSA) is 27.7 Å². The van der Waals surface area contributed by atoms with Gasteiger partial charge in [0.2, 0.25) is 0 Å². The SMILES string of the molecule is POB(OP)OP.[Tl]. The van der Waals surface area contributed by atoms with Gasteiger partial charge in [0.05, 0.1) is 0 Å². The van der Waals surface area contributed by atoms with Crippen LogP contribution in [0.3, 0.4) is 0 Å². The van der Waals surface area contributed by atoms with Gasteiger partial charge in [0, 0.05) is 27.3 Å². The summed E-state index contributed by atoms with van der Waals surface area (Å²) in [6, 6.07) is 0. The summed E-state index contributed by atoms with van der Waals surface area (Å²) in [4.78, 5) is 0. The average Bonchev–Trinajstić information content (AvgIpc) is 1.72. The number of rotatable bonds is 3. The third kappa shape index (κ3) is 6.28. The monoisotopic (exact) mass is 363 g/mol. The molecule has 0 aliphatic heterocycles. The van der Waals surface area contributed by atoms with Gasteiger partial charge in [0.1, 0.15) is 0 Å². The summed E-state index contributed by atoms with van der Waals surface area (Å²) < 4.78 is 13.4. The molecule has 8 heavy (non-hydrogen) atoms. The number of hydrogen-bond donors (Lipinski definition) is 0. The first-order valence-corrected chi connectivity index (χ1v) is 2.83. The van der Waals surface area contributed by atoms with Crippen molar-refractivity contribution in [1.82, 2.24) is 0 Å². The van der Waals surface area contributed by atoms with E-state index < -0.39 is 7.32 Å². The largest absolute Gasteiger partial charge is 0.648 e. The van der Waals surface area contributed by atoms with Crippen LogP contribution in [0.1, 0.15) is 0 Å². The van der Waals surface area contributed by atoms with Gasteiger partial charge in [-0.05, 0) is 28.4 Å². The van der Waals surface area contributed by atoms with Crippen LogP contribution in [0.2, 0.25) is 0 Å². The van der Waals surface area contributed by atoms with Crippen molar-refractivity contribution in [2.45, 2.75) is 0 Å². The number of hydrogen-bond acceptors (Lipinski definition) is 3. The summed E-state index contributed by atoms with van der Waals surface area (Å²) in [5.41, 5.74) is 0. The summed E-state index contributed by atoms with van der Waals surface area (Å²) in [7, 11) is 5.40. The van der Waals surface area contributed by atoms with Gasteiger partial charge in [-0.3, -0.25) is 0 Å². The maximum absolute atomic E-state index is 4.48. The zero-order valence-corrected chi connectivity index (χ0v) is 12.1. The Morgan fingerprint density at radius 2 is 1.12 bits per heavy atom. The third-order valence-corrected chi connectivity index (χ3v) is 1.00. The van der Waals surface area contributed by atoms with E-state index >= 15 is 0 Å². The second-order valence-corrected chi connectivity index (χ2v) is 1.51. The molecular weight excluding hydrogens is 356 g/mol. The van der Waals surface area contributed by atoms with E-state index in [1.807, 2.05) is 28.4 Å². The van der Waals surface area contributed by atoms with E-state index in [-0.39, 0.29) is 27.3 Å². The molecule has 1 radical (unpaired) electrons. The van der Waals surface area contributed by atoms with Gasteiger partial charge in [0.15, 0.2) is 0 Å². The molecule has 0 spiro atoms. The van der Waals surface area contributed by atoms with Gasteiger partial charge >= 0.3 is 7.32 Å². The standard InChI is InChI=1S/BH6O3P3.Tl/c5-2-1(3-6)4-7;/h5-7H2;. The minimum atomic E-state index is -0.625. The molecule has 8 heteroatoms. The van der Waals surface area contributed by atoms with Crippen LogP contribution in [0.5, 0.6) is 0 Å². The van der Waals surface area contributed by atoms with Gasteiger partial charge in [-0.1, -0.05) is 0 Å². The fraction of sp³-hybridized carbons (Fsp3) is 0. The van der Waals surface area contributed by atoms with E-state index in [1.165, 1.54) is 0 Å². The maximum atomic E-state index is 4.48. The van der Waals surface area contributed by atoms with Crippen LogP contribution in [-0.2, 0) is 13.3 Å². The summed E-state index contributed by atoms with van der Waals surface area (Å²) in [6.45, 7) is 0. The molecule has 3 atom stereocenters. The van der Waals surface area contributed by atoms with Crippen molar-refractivity contribution in [2.24, 2.45) is 0 Å². The van der Waals surface area contributed by atoms with Crippen molar-refractivity contribution >= 4 is 63.0 Å². The molecule has 0 saturated heterocycles. The zero-order chi connectivity index (χ0) is 5.70. The minimum absolute atomic E-state index is 0. The molecule has 0 fully saturated rings. The van der Waals surface area contributed by atoms with Crippen molar-refractivity contribution in [2.75, 3.05) is 0 Å². The Balaban J connectivity index is 0. The van der Waals surface area contributed by atoms with E-state index in [4.69, 9.17) is 0 Å². The third-order valence-electron chi connectivity index (χ3n) is 0.333. The first-order chi connectivity index (χ1) is 3.35. The predicted molar refractivity (Wildman–Crippen MR) is 43.9 cm³/mol. The molecule has 0 heterocycles.